The van der Waals surface area contributed by atoms with Crippen LogP contribution in [0.2, 0.25) is 0 Å². The molecule has 0 atom stereocenters. The molecule has 1 saturated heterocycles. The fraction of sp³-hybridized carbons (Fsp3) is 0.562. The second-order valence-corrected chi connectivity index (χ2v) is 5.87. The number of likely N-dealkylation sites (tertiary alicyclic amines) is 1. The number of anilines is 1. The van der Waals surface area contributed by atoms with E-state index in [4.69, 9.17) is 5.11 Å². The highest BCUT2D eigenvalue weighted by Gasteiger charge is 2.24. The van der Waals surface area contributed by atoms with Gasteiger partial charge in [-0.2, -0.15) is 0 Å². The number of rotatable bonds is 3. The van der Waals surface area contributed by atoms with Crippen LogP contribution in [-0.2, 0) is 6.42 Å². The summed E-state index contributed by atoms with van der Waals surface area (Å²) in [5.74, 6) is 0.679. The Kier molecular flexibility index (Phi) is 3.81. The molecule has 20 heavy (non-hydrogen) atoms. The largest absolute Gasteiger partial charge is 0.465 e. The number of carbonyl (C=O) groups is 1. The predicted molar refractivity (Wildman–Crippen MR) is 79.3 cm³/mol. The first-order valence-electron chi connectivity index (χ1n) is 7.55. The fourth-order valence-electron chi connectivity index (χ4n) is 3.39. The Morgan fingerprint density at radius 3 is 2.70 bits per heavy atom. The molecule has 1 aromatic carbocycles. The van der Waals surface area contributed by atoms with Crippen molar-refractivity contribution >= 4 is 11.8 Å². The van der Waals surface area contributed by atoms with Gasteiger partial charge in [0.1, 0.15) is 0 Å². The number of hydrogen-bond donors (Lipinski definition) is 1. The van der Waals surface area contributed by atoms with Crippen molar-refractivity contribution < 1.29 is 9.90 Å². The summed E-state index contributed by atoms with van der Waals surface area (Å²) >= 11 is 0. The quantitative estimate of drug-likeness (QED) is 0.921. The summed E-state index contributed by atoms with van der Waals surface area (Å²) < 4.78 is 0. The van der Waals surface area contributed by atoms with Crippen LogP contribution in [0.25, 0.3) is 0 Å². The molecule has 0 spiro atoms. The maximum atomic E-state index is 10.9. The van der Waals surface area contributed by atoms with Gasteiger partial charge in [0.15, 0.2) is 0 Å². The summed E-state index contributed by atoms with van der Waals surface area (Å²) in [5, 5.41) is 8.95. The van der Waals surface area contributed by atoms with Crippen LogP contribution in [0.15, 0.2) is 24.3 Å². The number of nitrogens with zero attached hydrogens (tertiary/aromatic N) is 2. The van der Waals surface area contributed by atoms with E-state index in [9.17, 15) is 4.79 Å². The van der Waals surface area contributed by atoms with E-state index in [0.29, 0.717) is 19.0 Å². The molecule has 108 valence electrons. The first-order chi connectivity index (χ1) is 9.74. The number of carboxylic acid groups (broad SMARTS) is 1. The molecule has 1 amide bonds. The molecule has 1 N–H and O–H groups in total. The monoisotopic (exact) mass is 274 g/mol. The van der Waals surface area contributed by atoms with E-state index < -0.39 is 6.09 Å². The molecule has 1 fully saturated rings. The Morgan fingerprint density at radius 1 is 1.20 bits per heavy atom. The number of benzene rings is 1. The van der Waals surface area contributed by atoms with Crippen molar-refractivity contribution in [2.45, 2.75) is 25.7 Å². The highest BCUT2D eigenvalue weighted by molar-refractivity contribution is 5.65. The zero-order chi connectivity index (χ0) is 13.9. The van der Waals surface area contributed by atoms with E-state index in [2.05, 4.69) is 29.2 Å². The first-order valence-corrected chi connectivity index (χ1v) is 7.55. The van der Waals surface area contributed by atoms with Crippen LogP contribution in [0.1, 0.15) is 24.8 Å². The lowest BCUT2D eigenvalue weighted by Gasteiger charge is -2.31. The van der Waals surface area contributed by atoms with Crippen molar-refractivity contribution in [2.75, 3.05) is 31.1 Å². The Bertz CT molecular complexity index is 481. The molecule has 0 bridgehead atoms. The van der Waals surface area contributed by atoms with Crippen LogP contribution >= 0.6 is 0 Å². The third kappa shape index (κ3) is 2.74. The minimum absolute atomic E-state index is 0.679. The zero-order valence-electron chi connectivity index (χ0n) is 11.8. The van der Waals surface area contributed by atoms with Crippen LogP contribution in [0.4, 0.5) is 10.5 Å². The first kappa shape index (κ1) is 13.3. The molecule has 0 aliphatic carbocycles. The second-order valence-electron chi connectivity index (χ2n) is 5.87. The summed E-state index contributed by atoms with van der Waals surface area (Å²) in [4.78, 5) is 14.9. The minimum Gasteiger partial charge on any atom is -0.465 e. The third-order valence-corrected chi connectivity index (χ3v) is 4.68. The van der Waals surface area contributed by atoms with Gasteiger partial charge in [-0.3, -0.25) is 0 Å². The summed E-state index contributed by atoms with van der Waals surface area (Å²) in [5.41, 5.74) is 2.86. The van der Waals surface area contributed by atoms with Gasteiger partial charge in [-0.15, -0.1) is 0 Å². The average Bonchev–Trinajstić information content (AvgIpc) is 2.89. The minimum atomic E-state index is -0.767. The van der Waals surface area contributed by atoms with Crippen molar-refractivity contribution in [3.8, 4) is 0 Å². The van der Waals surface area contributed by atoms with Gasteiger partial charge in [0.2, 0.25) is 0 Å². The Hall–Kier alpha value is -1.71. The van der Waals surface area contributed by atoms with Gasteiger partial charge in [0.05, 0.1) is 0 Å². The molecule has 0 aromatic heterocycles. The van der Waals surface area contributed by atoms with Crippen LogP contribution in [0.3, 0.4) is 0 Å². The van der Waals surface area contributed by atoms with Crippen LogP contribution in [0.5, 0.6) is 0 Å². The number of amides is 1. The number of para-hydroxylation sites is 1. The van der Waals surface area contributed by atoms with Crippen molar-refractivity contribution in [1.82, 2.24) is 4.90 Å². The summed E-state index contributed by atoms with van der Waals surface area (Å²) in [6, 6.07) is 8.67. The van der Waals surface area contributed by atoms with E-state index in [1.165, 1.54) is 17.7 Å². The molecule has 2 aliphatic heterocycles. The van der Waals surface area contributed by atoms with Gasteiger partial charge in [0.25, 0.3) is 0 Å². The van der Waals surface area contributed by atoms with Crippen LogP contribution < -0.4 is 4.90 Å². The summed E-state index contributed by atoms with van der Waals surface area (Å²) in [6.07, 6.45) is 3.61. The highest BCUT2D eigenvalue weighted by Crippen LogP contribution is 2.29. The van der Waals surface area contributed by atoms with Crippen molar-refractivity contribution in [3.63, 3.8) is 0 Å². The lowest BCUT2D eigenvalue weighted by molar-refractivity contribution is 0.123. The van der Waals surface area contributed by atoms with E-state index in [-0.39, 0.29) is 0 Å². The Balaban J connectivity index is 1.48. The Labute approximate surface area is 120 Å². The molecule has 1 aromatic rings. The van der Waals surface area contributed by atoms with Gasteiger partial charge < -0.3 is 14.9 Å². The second kappa shape index (κ2) is 5.73. The maximum absolute atomic E-state index is 10.9. The summed E-state index contributed by atoms with van der Waals surface area (Å²) in [6.45, 7) is 3.65. The molecular weight excluding hydrogens is 252 g/mol. The molecule has 0 unspecified atom stereocenters. The number of hydrogen-bond acceptors (Lipinski definition) is 2. The average molecular weight is 274 g/mol. The van der Waals surface area contributed by atoms with Crippen molar-refractivity contribution in [3.05, 3.63) is 29.8 Å². The molecule has 0 saturated carbocycles. The van der Waals surface area contributed by atoms with Gasteiger partial charge in [-0.25, -0.2) is 4.79 Å². The fourth-order valence-corrected chi connectivity index (χ4v) is 3.39. The molecular formula is C16H22N2O2. The molecule has 2 heterocycles. The van der Waals surface area contributed by atoms with Crippen LogP contribution in [-0.4, -0.2) is 42.3 Å². The lowest BCUT2D eigenvalue weighted by Crippen LogP contribution is -2.38. The van der Waals surface area contributed by atoms with Gasteiger partial charge >= 0.3 is 6.09 Å². The topological polar surface area (TPSA) is 43.8 Å². The predicted octanol–water partition coefficient (Wildman–Crippen LogP) is 2.83. The van der Waals surface area contributed by atoms with Crippen molar-refractivity contribution in [1.29, 1.82) is 0 Å². The van der Waals surface area contributed by atoms with Gasteiger partial charge in [-0.05, 0) is 43.2 Å². The van der Waals surface area contributed by atoms with Gasteiger partial charge in [-0.1, -0.05) is 18.2 Å². The van der Waals surface area contributed by atoms with Crippen molar-refractivity contribution in [2.24, 2.45) is 5.92 Å². The molecule has 4 heteroatoms. The SMILES string of the molecule is O=C(O)N1CCC(CCN2CCc3ccccc32)CC1. The number of fused-ring (bicyclic) bond motifs is 1. The molecule has 0 radical (unpaired) electrons. The normalized spacial score (nSPS) is 19.2. The van der Waals surface area contributed by atoms with Crippen LogP contribution in [0, 0.1) is 5.92 Å². The lowest BCUT2D eigenvalue weighted by atomic mass is 9.93. The Morgan fingerprint density at radius 2 is 1.95 bits per heavy atom. The highest BCUT2D eigenvalue weighted by atomic mass is 16.4. The molecule has 3 rings (SSSR count). The number of piperidine rings is 1. The molecule has 4 nitrogen and oxygen atoms in total. The van der Waals surface area contributed by atoms with E-state index in [0.717, 1.165) is 32.4 Å². The smallest absolute Gasteiger partial charge is 0.407 e. The van der Waals surface area contributed by atoms with E-state index in [1.807, 2.05) is 0 Å². The van der Waals surface area contributed by atoms with E-state index >= 15 is 0 Å². The maximum Gasteiger partial charge on any atom is 0.407 e. The molecule has 2 aliphatic rings. The zero-order valence-corrected chi connectivity index (χ0v) is 11.8. The standard InChI is InChI=1S/C16H22N2O2/c19-16(20)18-10-6-13(7-11-18)5-9-17-12-8-14-3-1-2-4-15(14)17/h1-4,13H,5-12H2,(H,19,20). The van der Waals surface area contributed by atoms with Gasteiger partial charge in [0, 0.05) is 31.9 Å². The summed E-state index contributed by atoms with van der Waals surface area (Å²) in [7, 11) is 0. The van der Waals surface area contributed by atoms with E-state index in [1.54, 1.807) is 4.90 Å². The third-order valence-electron chi connectivity index (χ3n) is 4.68.